The van der Waals surface area contributed by atoms with Gasteiger partial charge in [-0.3, -0.25) is 0 Å². The molecule has 0 radical (unpaired) electrons. The van der Waals surface area contributed by atoms with Crippen molar-refractivity contribution in [2.75, 3.05) is 0 Å². The van der Waals surface area contributed by atoms with E-state index in [0.29, 0.717) is 0 Å². The second kappa shape index (κ2) is 3.81. The summed E-state index contributed by atoms with van der Waals surface area (Å²) in [6, 6.07) is 17.0. The molecule has 0 aromatic heterocycles. The maximum atomic E-state index is 5.45. The highest BCUT2D eigenvalue weighted by Crippen LogP contribution is 2.32. The number of fused-ring (bicyclic) bond motifs is 4. The fraction of sp³-hybridized carbons (Fsp3) is 0. The fourth-order valence-corrected chi connectivity index (χ4v) is 3.00. The topological polar surface area (TPSA) is 21.3 Å². The SMILES string of the molecule is C1=PNOc2ccc3cc4ccccc4cc3c21. The summed E-state index contributed by atoms with van der Waals surface area (Å²) in [6.45, 7) is 0. The highest BCUT2D eigenvalue weighted by molar-refractivity contribution is 7.36. The van der Waals surface area contributed by atoms with Crippen LogP contribution < -0.4 is 10.1 Å². The number of benzene rings is 3. The van der Waals surface area contributed by atoms with Crippen molar-refractivity contribution in [3.8, 4) is 5.75 Å². The first kappa shape index (κ1) is 10.1. The van der Waals surface area contributed by atoms with Gasteiger partial charge in [0.15, 0.2) is 5.75 Å². The molecule has 1 aliphatic rings. The molecule has 0 saturated carbocycles. The summed E-state index contributed by atoms with van der Waals surface area (Å²) in [4.78, 5) is 5.45. The maximum Gasteiger partial charge on any atom is 0.156 e. The van der Waals surface area contributed by atoms with Gasteiger partial charge in [0.05, 0.1) is 0 Å². The zero-order chi connectivity index (χ0) is 11.9. The minimum Gasteiger partial charge on any atom is -0.400 e. The summed E-state index contributed by atoms with van der Waals surface area (Å²) in [5.41, 5.74) is 1.18. The largest absolute Gasteiger partial charge is 0.400 e. The first-order valence-electron chi connectivity index (χ1n) is 5.82. The third-order valence-corrected chi connectivity index (χ3v) is 3.87. The van der Waals surface area contributed by atoms with Gasteiger partial charge in [-0.15, -0.1) is 5.25 Å². The predicted molar refractivity (Wildman–Crippen MR) is 77.3 cm³/mol. The standard InChI is InChI=1S/C15H10NOP/c1-2-4-11-8-13-12(7-10(11)3-1)5-6-15-14(13)9-18-16-17-15/h1-9,16H. The van der Waals surface area contributed by atoms with Crippen molar-refractivity contribution < 1.29 is 4.84 Å². The van der Waals surface area contributed by atoms with Crippen LogP contribution in [0.15, 0.2) is 48.5 Å². The molecule has 4 rings (SSSR count). The third-order valence-electron chi connectivity index (χ3n) is 3.29. The van der Waals surface area contributed by atoms with Crippen LogP contribution in [-0.2, 0) is 0 Å². The number of hydrogen-bond acceptors (Lipinski definition) is 2. The van der Waals surface area contributed by atoms with E-state index in [-0.39, 0.29) is 0 Å². The first-order chi connectivity index (χ1) is 8.92. The minimum atomic E-state index is 0.900. The van der Waals surface area contributed by atoms with Crippen LogP contribution in [0, 0.1) is 0 Å². The molecule has 18 heavy (non-hydrogen) atoms. The molecule has 0 fully saturated rings. The van der Waals surface area contributed by atoms with Gasteiger partial charge >= 0.3 is 0 Å². The van der Waals surface area contributed by atoms with Gasteiger partial charge in [-0.05, 0) is 45.5 Å². The monoisotopic (exact) mass is 251 g/mol. The third kappa shape index (κ3) is 1.43. The lowest BCUT2D eigenvalue weighted by Gasteiger charge is -2.14. The van der Waals surface area contributed by atoms with Crippen LogP contribution in [0.1, 0.15) is 5.56 Å². The molecular formula is C15H10NOP. The lowest BCUT2D eigenvalue weighted by atomic mass is 10.00. The van der Waals surface area contributed by atoms with E-state index >= 15 is 0 Å². The van der Waals surface area contributed by atoms with Gasteiger partial charge in [-0.2, -0.15) is 0 Å². The molecule has 86 valence electrons. The molecule has 0 aliphatic carbocycles. The Morgan fingerprint density at radius 1 is 0.889 bits per heavy atom. The van der Waals surface area contributed by atoms with Gasteiger partial charge in [-0.1, -0.05) is 30.3 Å². The molecule has 0 atom stereocenters. The number of hydrogen-bond donors (Lipinski definition) is 1. The van der Waals surface area contributed by atoms with Crippen molar-refractivity contribution in [2.24, 2.45) is 0 Å². The zero-order valence-corrected chi connectivity index (χ0v) is 10.4. The van der Waals surface area contributed by atoms with Crippen LogP contribution in [0.2, 0.25) is 0 Å². The van der Waals surface area contributed by atoms with Crippen LogP contribution in [0.25, 0.3) is 21.5 Å². The smallest absolute Gasteiger partial charge is 0.156 e. The Morgan fingerprint density at radius 2 is 1.72 bits per heavy atom. The van der Waals surface area contributed by atoms with Crippen molar-refractivity contribution in [3.05, 3.63) is 54.1 Å². The molecule has 0 unspecified atom stereocenters. The van der Waals surface area contributed by atoms with E-state index in [2.05, 4.69) is 53.5 Å². The molecule has 3 heteroatoms. The highest BCUT2D eigenvalue weighted by Gasteiger charge is 2.10. The molecule has 2 nitrogen and oxygen atoms in total. The van der Waals surface area contributed by atoms with Crippen molar-refractivity contribution in [1.82, 2.24) is 5.25 Å². The number of rotatable bonds is 0. The van der Waals surface area contributed by atoms with Gasteiger partial charge in [0.2, 0.25) is 0 Å². The Balaban J connectivity index is 2.16. The van der Waals surface area contributed by atoms with Crippen molar-refractivity contribution in [3.63, 3.8) is 0 Å². The Morgan fingerprint density at radius 3 is 2.61 bits per heavy atom. The Labute approximate surface area is 106 Å². The summed E-state index contributed by atoms with van der Waals surface area (Å²) in [7, 11) is 0.986. The van der Waals surface area contributed by atoms with Crippen LogP contribution in [-0.4, -0.2) is 5.80 Å². The van der Waals surface area contributed by atoms with E-state index in [9.17, 15) is 0 Å². The van der Waals surface area contributed by atoms with Crippen LogP contribution >= 0.6 is 8.35 Å². The summed E-state index contributed by atoms with van der Waals surface area (Å²) in [5, 5.41) is 7.90. The van der Waals surface area contributed by atoms with Gasteiger partial charge in [0, 0.05) is 13.9 Å². The highest BCUT2D eigenvalue weighted by atomic mass is 31.1. The van der Waals surface area contributed by atoms with Crippen LogP contribution in [0.4, 0.5) is 0 Å². The van der Waals surface area contributed by atoms with Crippen molar-refractivity contribution in [1.29, 1.82) is 0 Å². The lowest BCUT2D eigenvalue weighted by Crippen LogP contribution is -2.11. The Bertz CT molecular complexity index is 795. The second-order valence-electron chi connectivity index (χ2n) is 4.35. The molecule has 0 bridgehead atoms. The zero-order valence-electron chi connectivity index (χ0n) is 9.55. The Hall–Kier alpha value is -1.89. The molecule has 0 spiro atoms. The van der Waals surface area contributed by atoms with E-state index < -0.39 is 0 Å². The van der Waals surface area contributed by atoms with Crippen molar-refractivity contribution in [2.45, 2.75) is 0 Å². The molecule has 3 aromatic carbocycles. The van der Waals surface area contributed by atoms with Crippen LogP contribution in [0.3, 0.4) is 0 Å². The van der Waals surface area contributed by atoms with E-state index in [4.69, 9.17) is 4.84 Å². The lowest BCUT2D eigenvalue weighted by molar-refractivity contribution is 0.282. The summed E-state index contributed by atoms with van der Waals surface area (Å²) in [5.74, 6) is 3.05. The van der Waals surface area contributed by atoms with Gasteiger partial charge in [-0.25, -0.2) is 0 Å². The molecular weight excluding hydrogens is 241 g/mol. The van der Waals surface area contributed by atoms with E-state index in [1.165, 1.54) is 27.1 Å². The van der Waals surface area contributed by atoms with Crippen LogP contribution in [0.5, 0.6) is 5.75 Å². The first-order valence-corrected chi connectivity index (χ1v) is 6.79. The number of nitrogens with one attached hydrogen (secondary N) is 1. The molecule has 0 amide bonds. The predicted octanol–water partition coefficient (Wildman–Crippen LogP) is 3.90. The normalized spacial score (nSPS) is 14.4. The average Bonchev–Trinajstić information content (AvgIpc) is 2.45. The molecule has 1 aliphatic heterocycles. The average molecular weight is 251 g/mol. The minimum absolute atomic E-state index is 0.900. The van der Waals surface area contributed by atoms with Gasteiger partial charge in [0.1, 0.15) is 0 Å². The molecule has 1 heterocycles. The van der Waals surface area contributed by atoms with Crippen molar-refractivity contribution >= 4 is 35.7 Å². The van der Waals surface area contributed by atoms with Gasteiger partial charge < -0.3 is 4.84 Å². The fourth-order valence-electron chi connectivity index (χ4n) is 2.41. The summed E-state index contributed by atoms with van der Waals surface area (Å²) >= 11 is 0. The summed E-state index contributed by atoms with van der Waals surface area (Å²) in [6.07, 6.45) is 0. The molecule has 1 N–H and O–H groups in total. The quantitative estimate of drug-likeness (QED) is 0.483. The van der Waals surface area contributed by atoms with E-state index in [0.717, 1.165) is 14.1 Å². The van der Waals surface area contributed by atoms with E-state index in [1.54, 1.807) is 0 Å². The second-order valence-corrected chi connectivity index (χ2v) is 5.05. The maximum absolute atomic E-state index is 5.45. The summed E-state index contributed by atoms with van der Waals surface area (Å²) < 4.78 is 0. The molecule has 3 aromatic rings. The van der Waals surface area contributed by atoms with Gasteiger partial charge in [0.25, 0.3) is 0 Å². The Kier molecular flexibility index (Phi) is 2.13. The van der Waals surface area contributed by atoms with E-state index in [1.807, 2.05) is 6.07 Å². The molecule has 0 saturated heterocycles.